The van der Waals surface area contributed by atoms with Gasteiger partial charge in [-0.2, -0.15) is 4.31 Å². The number of amides is 1. The molecule has 7 nitrogen and oxygen atoms in total. The van der Waals surface area contributed by atoms with Crippen LogP contribution in [-0.2, 0) is 29.7 Å². The lowest BCUT2D eigenvalue weighted by atomic mass is 10.2. The van der Waals surface area contributed by atoms with E-state index in [4.69, 9.17) is 23.2 Å². The van der Waals surface area contributed by atoms with Crippen molar-refractivity contribution in [1.29, 1.82) is 0 Å². The standard InChI is InChI=1S/C29H24Cl2N4O3S/c30-24-5-1-3-21(13-24)18-35(19-22-4-2-6-25(31)14-22)39(37,38)26-9-7-20(8-10-26)16-33-29(36)28-15-23-17-32-12-11-27(23)34-28/h1-15,17,34H,16,18-19H2,(H,33,36). The lowest BCUT2D eigenvalue weighted by Crippen LogP contribution is -2.30. The van der Waals surface area contributed by atoms with E-state index >= 15 is 0 Å². The fourth-order valence-electron chi connectivity index (χ4n) is 4.20. The fourth-order valence-corrected chi connectivity index (χ4v) is 6.05. The van der Waals surface area contributed by atoms with E-state index in [0.29, 0.717) is 15.7 Å². The van der Waals surface area contributed by atoms with Gasteiger partial charge in [-0.3, -0.25) is 9.78 Å². The van der Waals surface area contributed by atoms with Crippen LogP contribution in [0.2, 0.25) is 10.0 Å². The summed E-state index contributed by atoms with van der Waals surface area (Å²) in [5.74, 6) is -0.267. The van der Waals surface area contributed by atoms with Crippen LogP contribution < -0.4 is 5.32 Å². The third-order valence-corrected chi connectivity index (χ3v) is 8.45. The summed E-state index contributed by atoms with van der Waals surface area (Å²) >= 11 is 12.3. The van der Waals surface area contributed by atoms with E-state index in [-0.39, 0.29) is 30.4 Å². The van der Waals surface area contributed by atoms with E-state index in [9.17, 15) is 13.2 Å². The number of benzene rings is 3. The van der Waals surface area contributed by atoms with Gasteiger partial charge in [0.25, 0.3) is 5.91 Å². The number of aromatic amines is 1. The average Bonchev–Trinajstić information content (AvgIpc) is 3.36. The molecule has 0 fully saturated rings. The van der Waals surface area contributed by atoms with Crippen molar-refractivity contribution in [1.82, 2.24) is 19.6 Å². The lowest BCUT2D eigenvalue weighted by molar-refractivity contribution is 0.0946. The maximum atomic E-state index is 13.7. The van der Waals surface area contributed by atoms with Gasteiger partial charge in [-0.25, -0.2) is 8.42 Å². The molecule has 2 N–H and O–H groups in total. The van der Waals surface area contributed by atoms with Gasteiger partial charge in [0.2, 0.25) is 10.0 Å². The maximum absolute atomic E-state index is 13.7. The highest BCUT2D eigenvalue weighted by Crippen LogP contribution is 2.24. The van der Waals surface area contributed by atoms with Gasteiger partial charge in [0, 0.05) is 53.0 Å². The van der Waals surface area contributed by atoms with Crippen LogP contribution >= 0.6 is 23.2 Å². The van der Waals surface area contributed by atoms with Crippen LogP contribution in [0, 0.1) is 0 Å². The molecule has 198 valence electrons. The number of nitrogens with one attached hydrogen (secondary N) is 2. The highest BCUT2D eigenvalue weighted by molar-refractivity contribution is 7.89. The summed E-state index contributed by atoms with van der Waals surface area (Å²) in [7, 11) is -3.88. The molecule has 0 aliphatic rings. The molecule has 5 rings (SSSR count). The SMILES string of the molecule is O=C(NCc1ccc(S(=O)(=O)N(Cc2cccc(Cl)c2)Cc2cccc(Cl)c2)cc1)c1cc2cnccc2[nH]1. The summed E-state index contributed by atoms with van der Waals surface area (Å²) in [6.07, 6.45) is 3.34. The van der Waals surface area contributed by atoms with Crippen LogP contribution in [-0.4, -0.2) is 28.6 Å². The average molecular weight is 580 g/mol. The quantitative estimate of drug-likeness (QED) is 0.218. The van der Waals surface area contributed by atoms with Crippen LogP contribution in [0.3, 0.4) is 0 Å². The number of fused-ring (bicyclic) bond motifs is 1. The molecule has 0 aliphatic carbocycles. The second-order valence-electron chi connectivity index (χ2n) is 9.01. The summed E-state index contributed by atoms with van der Waals surface area (Å²) < 4.78 is 28.9. The molecular formula is C29H24Cl2N4O3S. The van der Waals surface area contributed by atoms with Gasteiger partial charge in [-0.1, -0.05) is 59.6 Å². The molecule has 3 aromatic carbocycles. The number of hydrogen-bond acceptors (Lipinski definition) is 4. The molecule has 39 heavy (non-hydrogen) atoms. The molecular weight excluding hydrogens is 555 g/mol. The van der Waals surface area contributed by atoms with E-state index in [2.05, 4.69) is 15.3 Å². The van der Waals surface area contributed by atoms with Crippen LogP contribution in [0.15, 0.2) is 102 Å². The number of nitrogens with zero attached hydrogens (tertiary/aromatic N) is 2. The van der Waals surface area contributed by atoms with Crippen molar-refractivity contribution in [2.45, 2.75) is 24.5 Å². The summed E-state index contributed by atoms with van der Waals surface area (Å²) in [4.78, 5) is 19.9. The molecule has 5 aromatic rings. The third-order valence-electron chi connectivity index (χ3n) is 6.18. The van der Waals surface area contributed by atoms with Gasteiger partial charge >= 0.3 is 0 Å². The van der Waals surface area contributed by atoms with Crippen molar-refractivity contribution in [3.8, 4) is 0 Å². The Morgan fingerprint density at radius 2 is 1.49 bits per heavy atom. The number of carbonyl (C=O) groups is 1. The van der Waals surface area contributed by atoms with Crippen molar-refractivity contribution >= 4 is 50.0 Å². The Balaban J connectivity index is 1.32. The smallest absolute Gasteiger partial charge is 0.267 e. The van der Waals surface area contributed by atoms with Crippen molar-refractivity contribution in [2.24, 2.45) is 0 Å². The third kappa shape index (κ3) is 6.49. The molecule has 0 spiro atoms. The Labute approximate surface area is 236 Å². The molecule has 0 saturated carbocycles. The zero-order chi connectivity index (χ0) is 27.4. The molecule has 0 atom stereocenters. The van der Waals surface area contributed by atoms with Gasteiger partial charge in [-0.15, -0.1) is 0 Å². The molecule has 0 bridgehead atoms. The number of carbonyl (C=O) groups excluding carboxylic acids is 1. The minimum atomic E-state index is -3.88. The molecule has 10 heteroatoms. The summed E-state index contributed by atoms with van der Waals surface area (Å²) in [6, 6.07) is 24.3. The molecule has 0 saturated heterocycles. The number of hydrogen-bond donors (Lipinski definition) is 2. The Bertz CT molecular complexity index is 1660. The van der Waals surface area contributed by atoms with Gasteiger partial charge in [-0.05, 0) is 65.2 Å². The monoisotopic (exact) mass is 578 g/mol. The number of aromatic nitrogens is 2. The largest absolute Gasteiger partial charge is 0.350 e. The Morgan fingerprint density at radius 1 is 0.846 bits per heavy atom. The van der Waals surface area contributed by atoms with E-state index in [1.54, 1.807) is 85.2 Å². The Hall–Kier alpha value is -3.69. The van der Waals surface area contributed by atoms with Crippen LogP contribution in [0.1, 0.15) is 27.2 Å². The number of halogens is 2. The Kier molecular flexibility index (Phi) is 7.99. The zero-order valence-electron chi connectivity index (χ0n) is 20.6. The van der Waals surface area contributed by atoms with Crippen LogP contribution in [0.25, 0.3) is 10.9 Å². The van der Waals surface area contributed by atoms with Crippen molar-refractivity contribution in [3.63, 3.8) is 0 Å². The first-order valence-electron chi connectivity index (χ1n) is 12.1. The first-order valence-corrected chi connectivity index (χ1v) is 14.3. The molecule has 1 amide bonds. The van der Waals surface area contributed by atoms with Crippen molar-refractivity contribution in [2.75, 3.05) is 0 Å². The highest BCUT2D eigenvalue weighted by Gasteiger charge is 2.25. The van der Waals surface area contributed by atoms with E-state index in [1.807, 2.05) is 12.1 Å². The second-order valence-corrected chi connectivity index (χ2v) is 11.8. The molecule has 0 aliphatic heterocycles. The van der Waals surface area contributed by atoms with Gasteiger partial charge in [0.05, 0.1) is 4.90 Å². The van der Waals surface area contributed by atoms with E-state index in [0.717, 1.165) is 27.6 Å². The lowest BCUT2D eigenvalue weighted by Gasteiger charge is -2.23. The topological polar surface area (TPSA) is 95.2 Å². The minimum Gasteiger partial charge on any atom is -0.350 e. The maximum Gasteiger partial charge on any atom is 0.267 e. The summed E-state index contributed by atoms with van der Waals surface area (Å²) in [5, 5.41) is 4.76. The van der Waals surface area contributed by atoms with Gasteiger partial charge in [0.1, 0.15) is 5.69 Å². The number of rotatable bonds is 9. The summed E-state index contributed by atoms with van der Waals surface area (Å²) in [5.41, 5.74) is 3.54. The molecule has 0 radical (unpaired) electrons. The number of H-pyrrole nitrogens is 1. The predicted octanol–water partition coefficient (Wildman–Crippen LogP) is 6.19. The highest BCUT2D eigenvalue weighted by atomic mass is 35.5. The normalized spacial score (nSPS) is 11.7. The number of sulfonamides is 1. The zero-order valence-corrected chi connectivity index (χ0v) is 23.0. The first kappa shape index (κ1) is 26.9. The second kappa shape index (κ2) is 11.6. The van der Waals surface area contributed by atoms with E-state index < -0.39 is 10.0 Å². The Morgan fingerprint density at radius 3 is 2.08 bits per heavy atom. The van der Waals surface area contributed by atoms with Gasteiger partial charge < -0.3 is 10.3 Å². The van der Waals surface area contributed by atoms with Crippen molar-refractivity contribution in [3.05, 3.63) is 130 Å². The van der Waals surface area contributed by atoms with E-state index in [1.165, 1.54) is 4.31 Å². The first-order chi connectivity index (χ1) is 18.8. The van der Waals surface area contributed by atoms with Crippen molar-refractivity contribution < 1.29 is 13.2 Å². The predicted molar refractivity (Wildman–Crippen MR) is 153 cm³/mol. The van der Waals surface area contributed by atoms with Gasteiger partial charge in [0.15, 0.2) is 0 Å². The summed E-state index contributed by atoms with van der Waals surface area (Å²) in [6.45, 7) is 0.502. The minimum absolute atomic E-state index is 0.132. The fraction of sp³-hybridized carbons (Fsp3) is 0.103. The van der Waals surface area contributed by atoms with Crippen LogP contribution in [0.5, 0.6) is 0 Å². The molecule has 2 aromatic heterocycles. The molecule has 0 unspecified atom stereocenters. The van der Waals surface area contributed by atoms with Crippen LogP contribution in [0.4, 0.5) is 0 Å². The number of pyridine rings is 1. The molecule has 2 heterocycles.